The molecule has 4 heteroatoms. The number of anilines is 1. The van der Waals surface area contributed by atoms with Crippen molar-refractivity contribution in [3.8, 4) is 12.3 Å². The van der Waals surface area contributed by atoms with Crippen LogP contribution in [0.25, 0.3) is 0 Å². The summed E-state index contributed by atoms with van der Waals surface area (Å²) in [4.78, 5) is 4.41. The molecule has 1 heterocycles. The van der Waals surface area contributed by atoms with Crippen LogP contribution in [0.3, 0.4) is 0 Å². The van der Waals surface area contributed by atoms with E-state index < -0.39 is 0 Å². The van der Waals surface area contributed by atoms with Crippen LogP contribution in [0, 0.1) is 12.3 Å². The number of nitrogens with one attached hydrogen (secondary N) is 1. The molecule has 1 aromatic heterocycles. The van der Waals surface area contributed by atoms with Crippen LogP contribution in [0.2, 0.25) is 0 Å². The predicted molar refractivity (Wildman–Crippen MR) is 58.4 cm³/mol. The van der Waals surface area contributed by atoms with E-state index in [1.165, 1.54) is 24.4 Å². The lowest BCUT2D eigenvalue weighted by Crippen LogP contribution is -2.00. The molecule has 0 bridgehead atoms. The van der Waals surface area contributed by atoms with Crippen LogP contribution in [0.15, 0.2) is 0 Å². The molecule has 0 radical (unpaired) electrons. The predicted octanol–water partition coefficient (Wildman–Crippen LogP) is 2.24. The molecule has 0 spiro atoms. The molecule has 1 aliphatic carbocycles. The van der Waals surface area contributed by atoms with Crippen molar-refractivity contribution in [1.82, 2.24) is 9.36 Å². The van der Waals surface area contributed by atoms with Gasteiger partial charge < -0.3 is 5.32 Å². The summed E-state index contributed by atoms with van der Waals surface area (Å²) in [6.07, 6.45) is 9.49. The molecule has 2 rings (SSSR count). The zero-order valence-corrected chi connectivity index (χ0v) is 8.81. The van der Waals surface area contributed by atoms with Gasteiger partial charge in [-0.3, -0.25) is 0 Å². The van der Waals surface area contributed by atoms with Crippen LogP contribution in [-0.4, -0.2) is 15.9 Å². The van der Waals surface area contributed by atoms with Crippen LogP contribution in [0.5, 0.6) is 0 Å². The second kappa shape index (κ2) is 4.43. The highest BCUT2D eigenvalue weighted by molar-refractivity contribution is 7.09. The van der Waals surface area contributed by atoms with E-state index in [0.717, 1.165) is 30.3 Å². The monoisotopic (exact) mass is 207 g/mol. The number of aromatic nitrogens is 2. The van der Waals surface area contributed by atoms with Crippen molar-refractivity contribution in [2.75, 3.05) is 11.9 Å². The number of unbranched alkanes of at least 4 members (excludes halogenated alkanes) is 1. The first kappa shape index (κ1) is 9.47. The van der Waals surface area contributed by atoms with E-state index in [-0.39, 0.29) is 0 Å². The average molecular weight is 207 g/mol. The second-order valence-electron chi connectivity index (χ2n) is 3.47. The molecule has 1 fully saturated rings. The third kappa shape index (κ3) is 2.46. The molecule has 1 aliphatic rings. The fraction of sp³-hybridized carbons (Fsp3) is 0.600. The zero-order valence-electron chi connectivity index (χ0n) is 7.99. The number of hydrogen-bond donors (Lipinski definition) is 1. The van der Waals surface area contributed by atoms with E-state index in [0.29, 0.717) is 5.92 Å². The van der Waals surface area contributed by atoms with Crippen molar-refractivity contribution >= 4 is 16.7 Å². The van der Waals surface area contributed by atoms with Gasteiger partial charge in [0, 0.05) is 30.4 Å². The molecule has 0 unspecified atom stereocenters. The van der Waals surface area contributed by atoms with E-state index >= 15 is 0 Å². The van der Waals surface area contributed by atoms with E-state index in [9.17, 15) is 0 Å². The molecule has 0 amide bonds. The highest BCUT2D eigenvalue weighted by Gasteiger charge is 2.27. The minimum Gasteiger partial charge on any atom is -0.360 e. The number of terminal acetylenes is 1. The van der Waals surface area contributed by atoms with Crippen LogP contribution >= 0.6 is 11.5 Å². The molecular weight excluding hydrogens is 194 g/mol. The van der Waals surface area contributed by atoms with Gasteiger partial charge in [0.2, 0.25) is 5.13 Å². The summed E-state index contributed by atoms with van der Waals surface area (Å²) in [7, 11) is 0. The van der Waals surface area contributed by atoms with Gasteiger partial charge in [-0.2, -0.15) is 4.37 Å². The molecule has 0 aromatic carbocycles. The third-order valence-electron chi connectivity index (χ3n) is 2.16. The molecule has 14 heavy (non-hydrogen) atoms. The van der Waals surface area contributed by atoms with Crippen LogP contribution in [-0.2, 0) is 0 Å². The lowest BCUT2D eigenvalue weighted by Gasteiger charge is -1.97. The Bertz CT molecular complexity index is 335. The molecule has 0 atom stereocenters. The Balaban J connectivity index is 1.76. The van der Waals surface area contributed by atoms with Gasteiger partial charge in [-0.1, -0.05) is 0 Å². The smallest absolute Gasteiger partial charge is 0.202 e. The van der Waals surface area contributed by atoms with E-state index in [1.54, 1.807) is 0 Å². The maximum Gasteiger partial charge on any atom is 0.202 e. The van der Waals surface area contributed by atoms with Gasteiger partial charge in [-0.25, -0.2) is 4.98 Å². The van der Waals surface area contributed by atoms with Gasteiger partial charge in [-0.05, 0) is 19.3 Å². The van der Waals surface area contributed by atoms with Gasteiger partial charge in [0.1, 0.15) is 5.82 Å². The summed E-state index contributed by atoms with van der Waals surface area (Å²) in [6, 6.07) is 0. The molecule has 74 valence electrons. The minimum atomic E-state index is 0.646. The molecule has 1 saturated carbocycles. The summed E-state index contributed by atoms with van der Waals surface area (Å²) in [5.41, 5.74) is 0. The quantitative estimate of drug-likeness (QED) is 0.594. The zero-order chi connectivity index (χ0) is 9.80. The van der Waals surface area contributed by atoms with E-state index in [2.05, 4.69) is 20.6 Å². The highest BCUT2D eigenvalue weighted by Crippen LogP contribution is 2.39. The molecule has 0 saturated heterocycles. The summed E-state index contributed by atoms with van der Waals surface area (Å²) >= 11 is 1.45. The fourth-order valence-electron chi connectivity index (χ4n) is 1.20. The second-order valence-corrected chi connectivity index (χ2v) is 4.22. The van der Waals surface area contributed by atoms with Crippen molar-refractivity contribution in [2.24, 2.45) is 0 Å². The van der Waals surface area contributed by atoms with Gasteiger partial charge in [-0.15, -0.1) is 12.3 Å². The van der Waals surface area contributed by atoms with Crippen molar-refractivity contribution in [3.05, 3.63) is 5.82 Å². The number of rotatable bonds is 5. The summed E-state index contributed by atoms with van der Waals surface area (Å²) in [5, 5.41) is 4.17. The van der Waals surface area contributed by atoms with Crippen LogP contribution in [0.1, 0.15) is 37.4 Å². The fourth-order valence-corrected chi connectivity index (χ4v) is 1.87. The molecule has 3 nitrogen and oxygen atoms in total. The Morgan fingerprint density at radius 1 is 1.57 bits per heavy atom. The van der Waals surface area contributed by atoms with Gasteiger partial charge >= 0.3 is 0 Å². The Labute approximate surface area is 88.1 Å². The van der Waals surface area contributed by atoms with Crippen LogP contribution < -0.4 is 5.32 Å². The summed E-state index contributed by atoms with van der Waals surface area (Å²) in [6.45, 7) is 0.892. The van der Waals surface area contributed by atoms with Crippen molar-refractivity contribution < 1.29 is 0 Å². The average Bonchev–Trinajstić information content (AvgIpc) is 2.94. The first-order valence-electron chi connectivity index (χ1n) is 4.91. The van der Waals surface area contributed by atoms with E-state index in [1.807, 2.05) is 0 Å². The normalized spacial score (nSPS) is 15.1. The highest BCUT2D eigenvalue weighted by atomic mass is 32.1. The largest absolute Gasteiger partial charge is 0.360 e. The van der Waals surface area contributed by atoms with E-state index in [4.69, 9.17) is 6.42 Å². The number of hydrogen-bond acceptors (Lipinski definition) is 4. The Morgan fingerprint density at radius 2 is 2.43 bits per heavy atom. The Morgan fingerprint density at radius 3 is 3.14 bits per heavy atom. The first-order chi connectivity index (χ1) is 6.90. The summed E-state index contributed by atoms with van der Waals surface area (Å²) < 4.78 is 4.30. The molecule has 0 aliphatic heterocycles. The number of nitrogens with zero attached hydrogens (tertiary/aromatic N) is 2. The topological polar surface area (TPSA) is 37.8 Å². The van der Waals surface area contributed by atoms with Gasteiger partial charge in [0.05, 0.1) is 0 Å². The van der Waals surface area contributed by atoms with Crippen molar-refractivity contribution in [1.29, 1.82) is 0 Å². The minimum absolute atomic E-state index is 0.646. The van der Waals surface area contributed by atoms with Crippen molar-refractivity contribution in [3.63, 3.8) is 0 Å². The van der Waals surface area contributed by atoms with Crippen molar-refractivity contribution in [2.45, 2.75) is 31.6 Å². The van der Waals surface area contributed by atoms with Gasteiger partial charge in [0.25, 0.3) is 0 Å². The standard InChI is InChI=1S/C10H13N3S/c1-2-3-4-7-11-10-12-9(13-14-10)8-5-6-8/h1,8H,3-7H2,(H,11,12,13). The lowest BCUT2D eigenvalue weighted by molar-refractivity contribution is 0.900. The maximum atomic E-state index is 5.16. The summed E-state index contributed by atoms with van der Waals surface area (Å²) in [5.74, 6) is 4.28. The van der Waals surface area contributed by atoms with Gasteiger partial charge in [0.15, 0.2) is 0 Å². The Kier molecular flexibility index (Phi) is 3.00. The molecule has 1 aromatic rings. The molecular formula is C10H13N3S. The van der Waals surface area contributed by atoms with Crippen LogP contribution in [0.4, 0.5) is 5.13 Å². The third-order valence-corrected chi connectivity index (χ3v) is 2.85. The Hall–Kier alpha value is -1.08. The lowest BCUT2D eigenvalue weighted by atomic mass is 10.3. The maximum absolute atomic E-state index is 5.16. The first-order valence-corrected chi connectivity index (χ1v) is 5.68. The SMILES string of the molecule is C#CCCCNc1nc(C2CC2)ns1. The molecule has 1 N–H and O–H groups in total.